The minimum absolute atomic E-state index is 0.142. The molecule has 0 saturated carbocycles. The average Bonchev–Trinajstić information content (AvgIpc) is 2.76. The van der Waals surface area contributed by atoms with Crippen molar-refractivity contribution in [3.05, 3.63) is 29.6 Å². The van der Waals surface area contributed by atoms with Crippen molar-refractivity contribution in [1.82, 2.24) is 4.98 Å². The molecule has 0 bridgehead atoms. The van der Waals surface area contributed by atoms with Crippen LogP contribution >= 0.6 is 0 Å². The lowest BCUT2D eigenvalue weighted by Gasteiger charge is -2.08. The normalized spacial score (nSPS) is 11.0. The number of ether oxygens (including phenoxy) is 2. The van der Waals surface area contributed by atoms with Gasteiger partial charge in [0.05, 0.1) is 13.2 Å². The van der Waals surface area contributed by atoms with Crippen LogP contribution in [0.3, 0.4) is 0 Å². The van der Waals surface area contributed by atoms with Crippen LogP contribution in [0.25, 0.3) is 0 Å². The van der Waals surface area contributed by atoms with E-state index < -0.39 is 11.9 Å². The zero-order valence-corrected chi connectivity index (χ0v) is 20.0. The summed E-state index contributed by atoms with van der Waals surface area (Å²) in [6, 6.07) is 4.75. The highest BCUT2D eigenvalue weighted by Gasteiger charge is 2.14. The van der Waals surface area contributed by atoms with Crippen LogP contribution in [-0.4, -0.2) is 30.1 Å². The first-order chi connectivity index (χ1) is 15.0. The Bertz CT molecular complexity index is 615. The summed E-state index contributed by atoms with van der Waals surface area (Å²) in [7, 11) is 0. The van der Waals surface area contributed by atoms with Crippen molar-refractivity contribution in [2.45, 2.75) is 104 Å². The van der Waals surface area contributed by atoms with Crippen molar-refractivity contribution in [3.63, 3.8) is 0 Å². The Kier molecular flexibility index (Phi) is 15.5. The highest BCUT2D eigenvalue weighted by molar-refractivity contribution is 5.91. The summed E-state index contributed by atoms with van der Waals surface area (Å²) in [5.74, 6) is -0.529. The van der Waals surface area contributed by atoms with Crippen molar-refractivity contribution >= 4 is 11.9 Å². The summed E-state index contributed by atoms with van der Waals surface area (Å²) in [6.07, 6.45) is 16.0. The van der Waals surface area contributed by atoms with Gasteiger partial charge in [0.25, 0.3) is 0 Å². The number of carbonyl (C=O) groups excluding carboxylic acids is 2. The molecule has 1 rings (SSSR count). The first kappa shape index (κ1) is 27.1. The molecule has 0 unspecified atom stereocenters. The van der Waals surface area contributed by atoms with Crippen LogP contribution in [0.1, 0.15) is 125 Å². The van der Waals surface area contributed by atoms with Crippen molar-refractivity contribution in [3.8, 4) is 0 Å². The van der Waals surface area contributed by atoms with Crippen LogP contribution in [0, 0.1) is 5.92 Å². The van der Waals surface area contributed by atoms with E-state index >= 15 is 0 Å². The molecular formula is C26H43NO4. The fourth-order valence-corrected chi connectivity index (χ4v) is 3.31. The number of rotatable bonds is 18. The van der Waals surface area contributed by atoms with Crippen molar-refractivity contribution in [2.75, 3.05) is 13.2 Å². The number of hydrogen-bond acceptors (Lipinski definition) is 5. The topological polar surface area (TPSA) is 65.5 Å². The molecule has 0 radical (unpaired) electrons. The van der Waals surface area contributed by atoms with Gasteiger partial charge < -0.3 is 9.47 Å². The summed E-state index contributed by atoms with van der Waals surface area (Å²) in [4.78, 5) is 28.3. The lowest BCUT2D eigenvalue weighted by Crippen LogP contribution is -2.14. The van der Waals surface area contributed by atoms with Crippen molar-refractivity contribution in [1.29, 1.82) is 0 Å². The van der Waals surface area contributed by atoms with E-state index in [9.17, 15) is 9.59 Å². The number of unbranched alkanes of at least 4 members (excludes halogenated alkanes) is 11. The summed E-state index contributed by atoms with van der Waals surface area (Å²) >= 11 is 0. The summed E-state index contributed by atoms with van der Waals surface area (Å²) in [6.45, 7) is 7.13. The summed E-state index contributed by atoms with van der Waals surface area (Å²) in [5.41, 5.74) is 0.292. The maximum atomic E-state index is 12.2. The second-order valence-electron chi connectivity index (χ2n) is 8.75. The molecule has 1 heterocycles. The van der Waals surface area contributed by atoms with Gasteiger partial charge in [-0.1, -0.05) is 97.5 Å². The predicted molar refractivity (Wildman–Crippen MR) is 125 cm³/mol. The van der Waals surface area contributed by atoms with Crippen LogP contribution in [0.5, 0.6) is 0 Å². The van der Waals surface area contributed by atoms with Gasteiger partial charge in [0.2, 0.25) is 0 Å². The molecule has 0 spiro atoms. The number of pyridine rings is 1. The fraction of sp³-hybridized carbons (Fsp3) is 0.731. The summed E-state index contributed by atoms with van der Waals surface area (Å²) in [5, 5.41) is 0. The minimum atomic E-state index is -0.503. The van der Waals surface area contributed by atoms with Crippen LogP contribution in [0.4, 0.5) is 0 Å². The molecule has 1 aromatic heterocycles. The monoisotopic (exact) mass is 433 g/mol. The first-order valence-corrected chi connectivity index (χ1v) is 12.4. The van der Waals surface area contributed by atoms with Gasteiger partial charge in [-0.15, -0.1) is 0 Å². The number of carbonyl (C=O) groups is 2. The Morgan fingerprint density at radius 1 is 0.742 bits per heavy atom. The third kappa shape index (κ3) is 13.9. The summed E-state index contributed by atoms with van der Waals surface area (Å²) < 4.78 is 10.5. The molecule has 31 heavy (non-hydrogen) atoms. The van der Waals surface area contributed by atoms with Crippen molar-refractivity contribution < 1.29 is 19.1 Å². The third-order valence-corrected chi connectivity index (χ3v) is 5.33. The lowest BCUT2D eigenvalue weighted by atomic mass is 10.1. The zero-order valence-electron chi connectivity index (χ0n) is 20.0. The highest BCUT2D eigenvalue weighted by Crippen LogP contribution is 2.12. The molecule has 0 N–H and O–H groups in total. The van der Waals surface area contributed by atoms with Crippen LogP contribution < -0.4 is 0 Å². The molecule has 0 atom stereocenters. The second-order valence-corrected chi connectivity index (χ2v) is 8.75. The largest absolute Gasteiger partial charge is 0.461 e. The highest BCUT2D eigenvalue weighted by atomic mass is 16.5. The zero-order chi connectivity index (χ0) is 22.7. The molecule has 5 heteroatoms. The molecule has 0 aliphatic heterocycles. The first-order valence-electron chi connectivity index (χ1n) is 12.4. The van der Waals surface area contributed by atoms with E-state index in [0.717, 1.165) is 19.3 Å². The SMILES string of the molecule is CCCCCCCCCCCCCCOC(=O)c1cccc(C(=O)OCCC(C)C)n1. The molecule has 0 aliphatic carbocycles. The molecule has 0 fully saturated rings. The smallest absolute Gasteiger partial charge is 0.356 e. The molecular weight excluding hydrogens is 390 g/mol. The van der Waals surface area contributed by atoms with Gasteiger partial charge in [-0.3, -0.25) is 0 Å². The van der Waals surface area contributed by atoms with E-state index in [1.54, 1.807) is 18.2 Å². The standard InChI is InChI=1S/C26H43NO4/c1-4-5-6-7-8-9-10-11-12-13-14-15-20-30-25(28)23-17-16-18-24(27-23)26(29)31-21-19-22(2)3/h16-18,22H,4-15,19-21H2,1-3H3. The Morgan fingerprint density at radius 3 is 1.68 bits per heavy atom. The van der Waals surface area contributed by atoms with E-state index in [2.05, 4.69) is 25.8 Å². The van der Waals surface area contributed by atoms with E-state index in [1.165, 1.54) is 64.2 Å². The van der Waals surface area contributed by atoms with Crippen LogP contribution in [-0.2, 0) is 9.47 Å². The maximum Gasteiger partial charge on any atom is 0.356 e. The maximum absolute atomic E-state index is 12.2. The molecule has 0 aromatic carbocycles. The Hall–Kier alpha value is -1.91. The molecule has 176 valence electrons. The number of nitrogens with zero attached hydrogens (tertiary/aromatic N) is 1. The van der Waals surface area contributed by atoms with E-state index in [-0.39, 0.29) is 11.4 Å². The molecule has 1 aromatic rings. The van der Waals surface area contributed by atoms with Gasteiger partial charge >= 0.3 is 11.9 Å². The average molecular weight is 434 g/mol. The molecule has 5 nitrogen and oxygen atoms in total. The fourth-order valence-electron chi connectivity index (χ4n) is 3.31. The Balaban J connectivity index is 2.11. The Morgan fingerprint density at radius 2 is 1.19 bits per heavy atom. The van der Waals surface area contributed by atoms with Gasteiger partial charge in [0.1, 0.15) is 11.4 Å². The Labute approximate surface area is 189 Å². The number of hydrogen-bond donors (Lipinski definition) is 0. The van der Waals surface area contributed by atoms with Crippen LogP contribution in [0.15, 0.2) is 18.2 Å². The molecule has 0 amide bonds. The van der Waals surface area contributed by atoms with E-state index in [1.807, 2.05) is 0 Å². The molecule has 0 aliphatic rings. The van der Waals surface area contributed by atoms with Gasteiger partial charge in [-0.2, -0.15) is 0 Å². The van der Waals surface area contributed by atoms with Gasteiger partial charge in [-0.05, 0) is 30.9 Å². The van der Waals surface area contributed by atoms with Crippen molar-refractivity contribution in [2.24, 2.45) is 5.92 Å². The number of aromatic nitrogens is 1. The molecule has 0 saturated heterocycles. The van der Waals surface area contributed by atoms with E-state index in [0.29, 0.717) is 19.1 Å². The van der Waals surface area contributed by atoms with Gasteiger partial charge in [0.15, 0.2) is 0 Å². The minimum Gasteiger partial charge on any atom is -0.461 e. The lowest BCUT2D eigenvalue weighted by molar-refractivity contribution is 0.0476. The predicted octanol–water partition coefficient (Wildman–Crippen LogP) is 7.14. The number of esters is 2. The van der Waals surface area contributed by atoms with Gasteiger partial charge in [0, 0.05) is 0 Å². The quantitative estimate of drug-likeness (QED) is 0.182. The third-order valence-electron chi connectivity index (χ3n) is 5.33. The van der Waals surface area contributed by atoms with Gasteiger partial charge in [-0.25, -0.2) is 14.6 Å². The van der Waals surface area contributed by atoms with Crippen LogP contribution in [0.2, 0.25) is 0 Å². The van der Waals surface area contributed by atoms with E-state index in [4.69, 9.17) is 9.47 Å². The second kappa shape index (κ2) is 17.7.